The summed E-state index contributed by atoms with van der Waals surface area (Å²) in [5.41, 5.74) is 4.33. The molecule has 0 aliphatic heterocycles. The van der Waals surface area contributed by atoms with Gasteiger partial charge in [0, 0.05) is 19.5 Å². The van der Waals surface area contributed by atoms with Crippen LogP contribution in [0.4, 0.5) is 4.79 Å². The molecule has 0 aromatic rings. The number of nitrogens with zero attached hydrogens (tertiary/aromatic N) is 3. The van der Waals surface area contributed by atoms with Crippen LogP contribution in [-0.4, -0.2) is 41.6 Å². The van der Waals surface area contributed by atoms with Crippen LogP contribution in [0.1, 0.15) is 64.7 Å². The Balaban J connectivity index is 1.68. The third-order valence-electron chi connectivity index (χ3n) is 8.18. The van der Waals surface area contributed by atoms with Gasteiger partial charge in [0.1, 0.15) is 5.60 Å². The van der Waals surface area contributed by atoms with Crippen LogP contribution in [0.25, 0.3) is 0 Å². The van der Waals surface area contributed by atoms with Gasteiger partial charge in [0.2, 0.25) is 0 Å². The molecule has 2 saturated carbocycles. The van der Waals surface area contributed by atoms with E-state index >= 15 is 0 Å². The summed E-state index contributed by atoms with van der Waals surface area (Å²) >= 11 is 0. The molecule has 4 aliphatic rings. The van der Waals surface area contributed by atoms with E-state index in [2.05, 4.69) is 24.2 Å². The molecule has 156 valence electrons. The fourth-order valence-corrected chi connectivity index (χ4v) is 6.60. The Bertz CT molecular complexity index is 850. The third-order valence-corrected chi connectivity index (χ3v) is 8.18. The first-order valence-electron chi connectivity index (χ1n) is 10.8. The minimum Gasteiger partial charge on any atom is -0.441 e. The smallest absolute Gasteiger partial charge is 0.409 e. The number of allylic oxidation sites excluding steroid dienone is 4. The molecule has 4 aliphatic carbocycles. The van der Waals surface area contributed by atoms with Crippen molar-refractivity contribution < 1.29 is 14.7 Å². The molecule has 6 heteroatoms. The van der Waals surface area contributed by atoms with Gasteiger partial charge in [-0.1, -0.05) is 17.7 Å². The van der Waals surface area contributed by atoms with Gasteiger partial charge in [-0.25, -0.2) is 4.79 Å². The number of oxime groups is 1. The second kappa shape index (κ2) is 7.19. The van der Waals surface area contributed by atoms with Crippen LogP contribution in [0.5, 0.6) is 0 Å². The molecule has 0 bridgehead atoms. The Hall–Kier alpha value is -2.29. The maximum absolute atomic E-state index is 12.5. The van der Waals surface area contributed by atoms with Crippen molar-refractivity contribution in [3.05, 3.63) is 22.8 Å². The normalized spacial score (nSPS) is 37.2. The zero-order valence-electron chi connectivity index (χ0n) is 17.7. The molecule has 4 rings (SSSR count). The topological polar surface area (TPSA) is 85.9 Å². The maximum atomic E-state index is 12.5. The van der Waals surface area contributed by atoms with E-state index in [-0.39, 0.29) is 17.9 Å². The molecule has 4 atom stereocenters. The highest BCUT2D eigenvalue weighted by Crippen LogP contribution is 2.65. The molecule has 0 spiro atoms. The van der Waals surface area contributed by atoms with Crippen molar-refractivity contribution in [1.82, 2.24) is 4.90 Å². The number of amides is 1. The largest absolute Gasteiger partial charge is 0.441 e. The van der Waals surface area contributed by atoms with Crippen molar-refractivity contribution in [1.29, 1.82) is 5.26 Å². The first-order valence-corrected chi connectivity index (χ1v) is 10.8. The van der Waals surface area contributed by atoms with E-state index < -0.39 is 5.60 Å². The number of carbonyl (C=O) groups excluding carboxylic acids is 1. The van der Waals surface area contributed by atoms with Crippen LogP contribution in [0.15, 0.2) is 28.0 Å². The fraction of sp³-hybridized carbons (Fsp3) is 0.696. The van der Waals surface area contributed by atoms with Gasteiger partial charge in [-0.2, -0.15) is 5.26 Å². The van der Waals surface area contributed by atoms with E-state index in [0.29, 0.717) is 11.8 Å². The van der Waals surface area contributed by atoms with Crippen LogP contribution < -0.4 is 0 Å². The molecule has 6 nitrogen and oxygen atoms in total. The van der Waals surface area contributed by atoms with Crippen LogP contribution in [0.2, 0.25) is 0 Å². The van der Waals surface area contributed by atoms with Crippen molar-refractivity contribution >= 4 is 11.8 Å². The third kappa shape index (κ3) is 2.97. The van der Waals surface area contributed by atoms with Crippen molar-refractivity contribution in [2.45, 2.75) is 70.3 Å². The molecule has 1 amide bonds. The standard InChI is InChI=1S/C23H31N3O3/c1-22-10-8-18-17-7-5-16(25-28)14-15(17)4-6-19(18)20(22)9-11-23(22,12-13-24)29-21(27)26(2)3/h14,19-20,28H,4-12H2,1-3H3/t19?,20?,22-,23+/m0/s1. The predicted octanol–water partition coefficient (Wildman–Crippen LogP) is 4.80. The highest BCUT2D eigenvalue weighted by molar-refractivity contribution is 5.97. The van der Waals surface area contributed by atoms with Crippen molar-refractivity contribution in [2.75, 3.05) is 14.1 Å². The highest BCUT2D eigenvalue weighted by Gasteiger charge is 2.63. The summed E-state index contributed by atoms with van der Waals surface area (Å²) in [4.78, 5) is 13.9. The average molecular weight is 398 g/mol. The molecule has 1 N–H and O–H groups in total. The predicted molar refractivity (Wildman–Crippen MR) is 109 cm³/mol. The molecule has 2 fully saturated rings. The van der Waals surface area contributed by atoms with Gasteiger partial charge in [0.15, 0.2) is 0 Å². The van der Waals surface area contributed by atoms with Gasteiger partial charge in [-0.05, 0) is 80.4 Å². The monoisotopic (exact) mass is 397 g/mol. The number of hydrogen-bond acceptors (Lipinski definition) is 5. The highest BCUT2D eigenvalue weighted by atomic mass is 16.6. The molecule has 0 aromatic heterocycles. The van der Waals surface area contributed by atoms with E-state index in [0.717, 1.165) is 57.1 Å². The molecular weight excluding hydrogens is 366 g/mol. The van der Waals surface area contributed by atoms with Gasteiger partial charge in [0.25, 0.3) is 0 Å². The van der Waals surface area contributed by atoms with Crippen LogP contribution in [0, 0.1) is 28.6 Å². The molecule has 0 saturated heterocycles. The van der Waals surface area contributed by atoms with Gasteiger partial charge in [-0.15, -0.1) is 0 Å². The van der Waals surface area contributed by atoms with E-state index in [4.69, 9.17) is 9.94 Å². The number of nitriles is 1. The Morgan fingerprint density at radius 1 is 1.31 bits per heavy atom. The van der Waals surface area contributed by atoms with Gasteiger partial charge in [-0.3, -0.25) is 0 Å². The zero-order valence-corrected chi connectivity index (χ0v) is 17.7. The number of ether oxygens (including phenoxy) is 1. The molecular formula is C23H31N3O3. The summed E-state index contributed by atoms with van der Waals surface area (Å²) in [6.07, 6.45) is 9.57. The van der Waals surface area contributed by atoms with E-state index in [1.807, 2.05) is 0 Å². The van der Waals surface area contributed by atoms with Gasteiger partial charge in [0.05, 0.1) is 18.2 Å². The second-order valence-corrected chi connectivity index (χ2v) is 9.56. The lowest BCUT2D eigenvalue weighted by Gasteiger charge is -2.52. The van der Waals surface area contributed by atoms with Crippen molar-refractivity contribution in [3.8, 4) is 6.07 Å². The quantitative estimate of drug-likeness (QED) is 0.535. The lowest BCUT2D eigenvalue weighted by molar-refractivity contribution is -0.0985. The lowest BCUT2D eigenvalue weighted by Crippen LogP contribution is -2.53. The molecule has 0 heterocycles. The summed E-state index contributed by atoms with van der Waals surface area (Å²) in [7, 11) is 3.39. The summed E-state index contributed by atoms with van der Waals surface area (Å²) in [5, 5.41) is 22.1. The minimum absolute atomic E-state index is 0.170. The Morgan fingerprint density at radius 2 is 2.10 bits per heavy atom. The summed E-state index contributed by atoms with van der Waals surface area (Å²) in [5.74, 6) is 0.948. The second-order valence-electron chi connectivity index (χ2n) is 9.56. The van der Waals surface area contributed by atoms with Crippen molar-refractivity contribution in [3.63, 3.8) is 0 Å². The maximum Gasteiger partial charge on any atom is 0.409 e. The summed E-state index contributed by atoms with van der Waals surface area (Å²) < 4.78 is 6.08. The molecule has 0 aromatic carbocycles. The van der Waals surface area contributed by atoms with Crippen LogP contribution in [0.3, 0.4) is 0 Å². The Labute approximate surface area is 172 Å². The Morgan fingerprint density at radius 3 is 2.79 bits per heavy atom. The summed E-state index contributed by atoms with van der Waals surface area (Å²) in [6.45, 7) is 2.26. The number of carbonyl (C=O) groups is 1. The number of fused-ring (bicyclic) bond motifs is 4. The average Bonchev–Trinajstić information content (AvgIpc) is 2.99. The molecule has 0 radical (unpaired) electrons. The molecule has 2 unspecified atom stereocenters. The van der Waals surface area contributed by atoms with E-state index in [9.17, 15) is 10.1 Å². The first-order chi connectivity index (χ1) is 13.8. The fourth-order valence-electron chi connectivity index (χ4n) is 6.60. The number of rotatable bonds is 2. The first kappa shape index (κ1) is 20.0. The van der Waals surface area contributed by atoms with Crippen LogP contribution in [-0.2, 0) is 4.74 Å². The lowest BCUT2D eigenvalue weighted by atomic mass is 9.54. The SMILES string of the molecule is CN(C)C(=O)O[C@@]1(CC#N)CCC2C3CCC4=CC(=NO)CCC4=C3CC[C@@]21C. The summed E-state index contributed by atoms with van der Waals surface area (Å²) in [6, 6.07) is 2.33. The van der Waals surface area contributed by atoms with Crippen LogP contribution >= 0.6 is 0 Å². The van der Waals surface area contributed by atoms with E-state index in [1.165, 1.54) is 16.0 Å². The van der Waals surface area contributed by atoms with Gasteiger partial charge < -0.3 is 14.8 Å². The molecule has 29 heavy (non-hydrogen) atoms. The zero-order chi connectivity index (χ0) is 20.8. The van der Waals surface area contributed by atoms with Crippen molar-refractivity contribution in [2.24, 2.45) is 22.4 Å². The van der Waals surface area contributed by atoms with E-state index in [1.54, 1.807) is 19.7 Å². The van der Waals surface area contributed by atoms with Gasteiger partial charge >= 0.3 is 6.09 Å². The number of hydrogen-bond donors (Lipinski definition) is 1. The minimum atomic E-state index is -0.691. The Kier molecular flexibility index (Phi) is 4.96.